The van der Waals surface area contributed by atoms with Gasteiger partial charge in [-0.15, -0.1) is 0 Å². The lowest BCUT2D eigenvalue weighted by atomic mass is 10.0. The van der Waals surface area contributed by atoms with Crippen LogP contribution in [0.3, 0.4) is 0 Å². The van der Waals surface area contributed by atoms with E-state index in [1.165, 1.54) is 12.1 Å². The number of fused-ring (bicyclic) bond motifs is 1. The van der Waals surface area contributed by atoms with Gasteiger partial charge in [-0.3, -0.25) is 19.3 Å². The van der Waals surface area contributed by atoms with Gasteiger partial charge in [-0.2, -0.15) is 0 Å². The number of hydrogen-bond acceptors (Lipinski definition) is 3. The predicted octanol–water partition coefficient (Wildman–Crippen LogP) is 3.20. The Balaban J connectivity index is 1.72. The molecule has 0 spiro atoms. The van der Waals surface area contributed by atoms with Gasteiger partial charge in [0.2, 0.25) is 5.91 Å². The van der Waals surface area contributed by atoms with E-state index in [1.54, 1.807) is 36.4 Å². The number of carbonyl (C=O) groups excluding carboxylic acids is 3. The van der Waals surface area contributed by atoms with Gasteiger partial charge in [0, 0.05) is 6.54 Å². The highest BCUT2D eigenvalue weighted by Gasteiger charge is 2.42. The SMILES string of the molecule is CC(C)C[C@H](C(=O)NCCc1cccc(F)c1)N1C(=O)c2ccccc2C1=O. The Bertz CT molecular complexity index is 875. The standard InChI is InChI=1S/C22H23FN2O3/c1-14(2)12-19(20(26)24-11-10-15-6-5-7-16(23)13-15)25-21(27)17-8-3-4-9-18(17)22(25)28/h3-9,13-14,19H,10-12H2,1-2H3,(H,24,26)/t19-/m1/s1. The molecule has 0 fully saturated rings. The highest BCUT2D eigenvalue weighted by atomic mass is 19.1. The summed E-state index contributed by atoms with van der Waals surface area (Å²) in [5, 5.41) is 2.79. The van der Waals surface area contributed by atoms with Crippen LogP contribution in [0, 0.1) is 11.7 Å². The molecule has 28 heavy (non-hydrogen) atoms. The molecule has 1 aliphatic rings. The molecule has 0 radical (unpaired) electrons. The highest BCUT2D eigenvalue weighted by molar-refractivity contribution is 6.22. The van der Waals surface area contributed by atoms with E-state index in [9.17, 15) is 18.8 Å². The summed E-state index contributed by atoms with van der Waals surface area (Å²) in [5.74, 6) is -1.46. The van der Waals surface area contributed by atoms with Crippen LogP contribution < -0.4 is 5.32 Å². The Morgan fingerprint density at radius 2 is 1.68 bits per heavy atom. The molecule has 0 bridgehead atoms. The molecule has 2 aromatic carbocycles. The zero-order chi connectivity index (χ0) is 20.3. The molecule has 5 nitrogen and oxygen atoms in total. The second kappa shape index (κ2) is 8.33. The molecule has 1 aliphatic heterocycles. The molecular formula is C22H23FN2O3. The van der Waals surface area contributed by atoms with Crippen LogP contribution in [0.5, 0.6) is 0 Å². The molecule has 1 heterocycles. The van der Waals surface area contributed by atoms with Gasteiger partial charge in [-0.25, -0.2) is 4.39 Å². The van der Waals surface area contributed by atoms with Gasteiger partial charge in [0.05, 0.1) is 11.1 Å². The first-order chi connectivity index (χ1) is 13.4. The molecular weight excluding hydrogens is 359 g/mol. The number of carbonyl (C=O) groups is 3. The zero-order valence-corrected chi connectivity index (χ0v) is 15.9. The number of rotatable bonds is 7. The van der Waals surface area contributed by atoms with Gasteiger partial charge in [0.15, 0.2) is 0 Å². The van der Waals surface area contributed by atoms with Crippen molar-refractivity contribution in [2.75, 3.05) is 6.54 Å². The fourth-order valence-corrected chi connectivity index (χ4v) is 3.41. The van der Waals surface area contributed by atoms with Gasteiger partial charge >= 0.3 is 0 Å². The normalized spacial score (nSPS) is 14.4. The Morgan fingerprint density at radius 3 is 2.25 bits per heavy atom. The molecule has 0 aliphatic carbocycles. The van der Waals surface area contributed by atoms with Crippen LogP contribution in [0.1, 0.15) is 46.5 Å². The fraction of sp³-hybridized carbons (Fsp3) is 0.318. The number of benzene rings is 2. The van der Waals surface area contributed by atoms with E-state index in [0.717, 1.165) is 10.5 Å². The maximum Gasteiger partial charge on any atom is 0.262 e. The third kappa shape index (κ3) is 4.11. The first-order valence-corrected chi connectivity index (χ1v) is 9.37. The van der Waals surface area contributed by atoms with Crippen LogP contribution in [-0.2, 0) is 11.2 Å². The van der Waals surface area contributed by atoms with Gasteiger partial charge in [0.25, 0.3) is 11.8 Å². The van der Waals surface area contributed by atoms with E-state index < -0.39 is 17.9 Å². The maximum atomic E-state index is 13.3. The molecule has 0 saturated heterocycles. The summed E-state index contributed by atoms with van der Waals surface area (Å²) in [6.07, 6.45) is 0.831. The van der Waals surface area contributed by atoms with Crippen molar-refractivity contribution in [2.45, 2.75) is 32.7 Å². The van der Waals surface area contributed by atoms with Gasteiger partial charge < -0.3 is 5.32 Å². The summed E-state index contributed by atoms with van der Waals surface area (Å²) >= 11 is 0. The van der Waals surface area contributed by atoms with Crippen LogP contribution in [0.2, 0.25) is 0 Å². The van der Waals surface area contributed by atoms with E-state index >= 15 is 0 Å². The second-order valence-electron chi connectivity index (χ2n) is 7.34. The number of hydrogen-bond donors (Lipinski definition) is 1. The van der Waals surface area contributed by atoms with Crippen molar-refractivity contribution < 1.29 is 18.8 Å². The summed E-state index contributed by atoms with van der Waals surface area (Å²) in [7, 11) is 0. The lowest BCUT2D eigenvalue weighted by Gasteiger charge is -2.26. The molecule has 3 amide bonds. The largest absolute Gasteiger partial charge is 0.354 e. The smallest absolute Gasteiger partial charge is 0.262 e. The second-order valence-corrected chi connectivity index (χ2v) is 7.34. The minimum Gasteiger partial charge on any atom is -0.354 e. The van der Waals surface area contributed by atoms with Crippen LogP contribution in [0.4, 0.5) is 4.39 Å². The fourth-order valence-electron chi connectivity index (χ4n) is 3.41. The third-order valence-corrected chi connectivity index (χ3v) is 4.74. The average molecular weight is 382 g/mol. The lowest BCUT2D eigenvalue weighted by Crippen LogP contribution is -2.50. The Hall–Kier alpha value is -3.02. The van der Waals surface area contributed by atoms with Crippen molar-refractivity contribution in [3.05, 3.63) is 71.0 Å². The monoisotopic (exact) mass is 382 g/mol. The minimum absolute atomic E-state index is 0.114. The predicted molar refractivity (Wildman–Crippen MR) is 103 cm³/mol. The van der Waals surface area contributed by atoms with Crippen molar-refractivity contribution in [1.29, 1.82) is 0 Å². The number of imide groups is 1. The summed E-state index contributed by atoms with van der Waals surface area (Å²) in [4.78, 5) is 39.4. The molecule has 6 heteroatoms. The van der Waals surface area contributed by atoms with Crippen LogP contribution >= 0.6 is 0 Å². The third-order valence-electron chi connectivity index (χ3n) is 4.74. The lowest BCUT2D eigenvalue weighted by molar-refractivity contribution is -0.125. The summed E-state index contributed by atoms with van der Waals surface area (Å²) in [6.45, 7) is 4.16. The number of amides is 3. The summed E-state index contributed by atoms with van der Waals surface area (Å²) < 4.78 is 13.3. The highest BCUT2D eigenvalue weighted by Crippen LogP contribution is 2.27. The van der Waals surface area contributed by atoms with Crippen LogP contribution in [0.25, 0.3) is 0 Å². The molecule has 0 saturated carbocycles. The molecule has 0 unspecified atom stereocenters. The molecule has 146 valence electrons. The Morgan fingerprint density at radius 1 is 1.04 bits per heavy atom. The Kier molecular flexibility index (Phi) is 5.87. The topological polar surface area (TPSA) is 66.5 Å². The zero-order valence-electron chi connectivity index (χ0n) is 15.9. The van der Waals surface area contributed by atoms with Crippen LogP contribution in [-0.4, -0.2) is 35.2 Å². The van der Waals surface area contributed by atoms with E-state index in [0.29, 0.717) is 30.5 Å². The molecule has 2 aromatic rings. The summed E-state index contributed by atoms with van der Waals surface area (Å²) in [5.41, 5.74) is 1.42. The quantitative estimate of drug-likeness (QED) is 0.748. The van der Waals surface area contributed by atoms with Gasteiger partial charge in [0.1, 0.15) is 11.9 Å². The van der Waals surface area contributed by atoms with Crippen molar-refractivity contribution in [2.24, 2.45) is 5.92 Å². The molecule has 1 N–H and O–H groups in total. The number of nitrogens with one attached hydrogen (secondary N) is 1. The number of halogens is 1. The average Bonchev–Trinajstić information content (AvgIpc) is 2.91. The van der Waals surface area contributed by atoms with E-state index in [4.69, 9.17) is 0 Å². The van der Waals surface area contributed by atoms with E-state index in [2.05, 4.69) is 5.32 Å². The summed E-state index contributed by atoms with van der Waals surface area (Å²) in [6, 6.07) is 11.9. The van der Waals surface area contributed by atoms with Crippen molar-refractivity contribution >= 4 is 17.7 Å². The molecule has 0 aromatic heterocycles. The Labute approximate surface area is 163 Å². The molecule has 1 atom stereocenters. The first-order valence-electron chi connectivity index (χ1n) is 9.37. The minimum atomic E-state index is -0.875. The van der Waals surface area contributed by atoms with Crippen molar-refractivity contribution in [1.82, 2.24) is 10.2 Å². The maximum absolute atomic E-state index is 13.3. The molecule has 3 rings (SSSR count). The van der Waals surface area contributed by atoms with E-state index in [1.807, 2.05) is 13.8 Å². The van der Waals surface area contributed by atoms with Crippen LogP contribution in [0.15, 0.2) is 48.5 Å². The van der Waals surface area contributed by atoms with Gasteiger partial charge in [-0.1, -0.05) is 38.1 Å². The van der Waals surface area contributed by atoms with Gasteiger partial charge in [-0.05, 0) is 48.6 Å². The van der Waals surface area contributed by atoms with E-state index in [-0.39, 0.29) is 17.6 Å². The van der Waals surface area contributed by atoms with Crippen molar-refractivity contribution in [3.63, 3.8) is 0 Å². The first kappa shape index (κ1) is 19.7. The van der Waals surface area contributed by atoms with Crippen molar-refractivity contribution in [3.8, 4) is 0 Å². The number of nitrogens with zero attached hydrogens (tertiary/aromatic N) is 1.